The molecule has 1 amide bonds. The number of amides is 1. The van der Waals surface area contributed by atoms with Gasteiger partial charge in [-0.05, 0) is 49.9 Å². The van der Waals surface area contributed by atoms with E-state index < -0.39 is 0 Å². The molecule has 25 heavy (non-hydrogen) atoms. The van der Waals surface area contributed by atoms with Crippen LogP contribution in [-0.4, -0.2) is 42.6 Å². The molecule has 140 valence electrons. The third kappa shape index (κ3) is 5.73. The van der Waals surface area contributed by atoms with Gasteiger partial charge < -0.3 is 15.0 Å². The molecule has 0 aliphatic carbocycles. The summed E-state index contributed by atoms with van der Waals surface area (Å²) in [6.07, 6.45) is 5.26. The van der Waals surface area contributed by atoms with E-state index in [1.165, 1.54) is 6.42 Å². The molecule has 0 spiro atoms. The van der Waals surface area contributed by atoms with Crippen LogP contribution in [0.5, 0.6) is 0 Å². The Morgan fingerprint density at radius 3 is 2.56 bits per heavy atom. The van der Waals surface area contributed by atoms with Crippen LogP contribution in [0.3, 0.4) is 0 Å². The highest BCUT2D eigenvalue weighted by atomic mass is 35.5. The molecule has 2 fully saturated rings. The Hall–Kier alpha value is -0.520. The number of rotatable bonds is 4. The molecule has 1 atom stereocenters. The summed E-state index contributed by atoms with van der Waals surface area (Å²) in [5, 5.41) is 4.45. The molecule has 2 aliphatic heterocycles. The molecule has 3 rings (SSSR count). The van der Waals surface area contributed by atoms with E-state index in [4.69, 9.17) is 27.9 Å². The number of hydrogen-bond donors (Lipinski definition) is 1. The molecule has 0 saturated carbocycles. The molecule has 1 aromatic carbocycles. The maximum atomic E-state index is 12.5. The van der Waals surface area contributed by atoms with Gasteiger partial charge in [0.25, 0.3) is 0 Å². The summed E-state index contributed by atoms with van der Waals surface area (Å²) in [6, 6.07) is 5.59. The Balaban J connectivity index is 0.00000225. The predicted molar refractivity (Wildman–Crippen MR) is 104 cm³/mol. The largest absolute Gasteiger partial charge is 0.373 e. The van der Waals surface area contributed by atoms with E-state index in [1.54, 1.807) is 6.07 Å². The molecular weight excluding hydrogens is 383 g/mol. The van der Waals surface area contributed by atoms with Gasteiger partial charge in [-0.3, -0.25) is 4.79 Å². The van der Waals surface area contributed by atoms with Crippen LogP contribution in [0.1, 0.15) is 37.7 Å². The van der Waals surface area contributed by atoms with Crippen LogP contribution in [0.15, 0.2) is 18.2 Å². The maximum absolute atomic E-state index is 12.5. The van der Waals surface area contributed by atoms with Gasteiger partial charge in [-0.2, -0.15) is 0 Å². The minimum atomic E-state index is 0. The Kier molecular flexibility index (Phi) is 8.30. The van der Waals surface area contributed by atoms with E-state index >= 15 is 0 Å². The van der Waals surface area contributed by atoms with E-state index in [0.717, 1.165) is 50.9 Å². The van der Waals surface area contributed by atoms with E-state index in [-0.39, 0.29) is 30.5 Å². The SMILES string of the molecule is Cl.O=C(C1CCCCN1)N1CCC(OCc2ccc(Cl)c(Cl)c2)CC1. The van der Waals surface area contributed by atoms with Crippen LogP contribution in [0.25, 0.3) is 0 Å². The number of hydrogen-bond acceptors (Lipinski definition) is 3. The van der Waals surface area contributed by atoms with Gasteiger partial charge in [0.2, 0.25) is 5.91 Å². The summed E-state index contributed by atoms with van der Waals surface area (Å²) in [5.74, 6) is 0.262. The Morgan fingerprint density at radius 1 is 1.16 bits per heavy atom. The fraction of sp³-hybridized carbons (Fsp3) is 0.611. The van der Waals surface area contributed by atoms with Crippen LogP contribution < -0.4 is 5.32 Å². The molecule has 1 N–H and O–H groups in total. The molecule has 0 radical (unpaired) electrons. The van der Waals surface area contributed by atoms with Crippen molar-refractivity contribution in [1.82, 2.24) is 10.2 Å². The van der Waals surface area contributed by atoms with Gasteiger partial charge in [-0.25, -0.2) is 0 Å². The highest BCUT2D eigenvalue weighted by Crippen LogP contribution is 2.24. The third-order valence-electron chi connectivity index (χ3n) is 4.83. The normalized spacial score (nSPS) is 21.7. The number of carbonyl (C=O) groups is 1. The molecule has 7 heteroatoms. The van der Waals surface area contributed by atoms with Crippen molar-refractivity contribution in [2.75, 3.05) is 19.6 Å². The number of piperidine rings is 2. The van der Waals surface area contributed by atoms with Gasteiger partial charge in [0.05, 0.1) is 28.8 Å². The molecule has 0 bridgehead atoms. The molecular formula is C18H25Cl3N2O2. The fourth-order valence-corrected chi connectivity index (χ4v) is 3.69. The van der Waals surface area contributed by atoms with Crippen molar-refractivity contribution < 1.29 is 9.53 Å². The molecule has 1 aromatic rings. The lowest BCUT2D eigenvalue weighted by molar-refractivity contribution is -0.136. The summed E-state index contributed by atoms with van der Waals surface area (Å²) < 4.78 is 5.98. The lowest BCUT2D eigenvalue weighted by atomic mass is 10.0. The summed E-state index contributed by atoms with van der Waals surface area (Å²) in [4.78, 5) is 14.5. The van der Waals surface area contributed by atoms with E-state index in [1.807, 2.05) is 17.0 Å². The summed E-state index contributed by atoms with van der Waals surface area (Å²) in [7, 11) is 0. The zero-order chi connectivity index (χ0) is 16.9. The van der Waals surface area contributed by atoms with Gasteiger partial charge in [-0.1, -0.05) is 35.7 Å². The second-order valence-corrected chi connectivity index (χ2v) is 7.40. The van der Waals surface area contributed by atoms with Gasteiger partial charge in [-0.15, -0.1) is 12.4 Å². The fourth-order valence-electron chi connectivity index (χ4n) is 3.37. The average molecular weight is 408 g/mol. The maximum Gasteiger partial charge on any atom is 0.239 e. The Bertz CT molecular complexity index is 571. The number of nitrogens with one attached hydrogen (secondary N) is 1. The van der Waals surface area contributed by atoms with Crippen LogP contribution in [0, 0.1) is 0 Å². The highest BCUT2D eigenvalue weighted by molar-refractivity contribution is 6.42. The van der Waals surface area contributed by atoms with Crippen molar-refractivity contribution in [3.05, 3.63) is 33.8 Å². The zero-order valence-corrected chi connectivity index (χ0v) is 16.5. The molecule has 2 saturated heterocycles. The quantitative estimate of drug-likeness (QED) is 0.818. The first-order valence-corrected chi connectivity index (χ1v) is 9.47. The van der Waals surface area contributed by atoms with Crippen molar-refractivity contribution in [3.63, 3.8) is 0 Å². The third-order valence-corrected chi connectivity index (χ3v) is 5.57. The number of likely N-dealkylation sites (tertiary alicyclic amines) is 1. The number of benzene rings is 1. The Morgan fingerprint density at radius 2 is 1.92 bits per heavy atom. The number of nitrogens with zero attached hydrogens (tertiary/aromatic N) is 1. The molecule has 4 nitrogen and oxygen atoms in total. The van der Waals surface area contributed by atoms with Crippen molar-refractivity contribution >= 4 is 41.5 Å². The molecule has 1 unspecified atom stereocenters. The van der Waals surface area contributed by atoms with Gasteiger partial charge in [0, 0.05) is 13.1 Å². The first-order chi connectivity index (χ1) is 11.6. The van der Waals surface area contributed by atoms with Crippen LogP contribution in [0.2, 0.25) is 10.0 Å². The number of halogens is 3. The first-order valence-electron chi connectivity index (χ1n) is 8.71. The highest BCUT2D eigenvalue weighted by Gasteiger charge is 2.29. The predicted octanol–water partition coefficient (Wildman–Crippen LogP) is 4.06. The second kappa shape index (κ2) is 9.98. The van der Waals surface area contributed by atoms with Crippen LogP contribution >= 0.6 is 35.6 Å². The topological polar surface area (TPSA) is 41.6 Å². The van der Waals surface area contributed by atoms with Crippen molar-refractivity contribution in [2.24, 2.45) is 0 Å². The van der Waals surface area contributed by atoms with Crippen LogP contribution in [-0.2, 0) is 16.1 Å². The monoisotopic (exact) mass is 406 g/mol. The van der Waals surface area contributed by atoms with Gasteiger partial charge in [0.15, 0.2) is 0 Å². The van der Waals surface area contributed by atoms with E-state index in [2.05, 4.69) is 5.32 Å². The molecule has 2 aliphatic rings. The lowest BCUT2D eigenvalue weighted by Gasteiger charge is -2.35. The Labute approximate surface area is 165 Å². The summed E-state index contributed by atoms with van der Waals surface area (Å²) in [6.45, 7) is 3.05. The minimum absolute atomic E-state index is 0. The molecule has 0 aromatic heterocycles. The number of ether oxygens (including phenoxy) is 1. The minimum Gasteiger partial charge on any atom is -0.373 e. The summed E-state index contributed by atoms with van der Waals surface area (Å²) in [5.41, 5.74) is 1.02. The van der Waals surface area contributed by atoms with Crippen molar-refractivity contribution in [2.45, 2.75) is 50.9 Å². The van der Waals surface area contributed by atoms with Crippen LogP contribution in [0.4, 0.5) is 0 Å². The first kappa shape index (κ1) is 20.8. The smallest absolute Gasteiger partial charge is 0.239 e. The average Bonchev–Trinajstić information content (AvgIpc) is 2.63. The second-order valence-electron chi connectivity index (χ2n) is 6.59. The van der Waals surface area contributed by atoms with Crippen molar-refractivity contribution in [3.8, 4) is 0 Å². The van der Waals surface area contributed by atoms with Gasteiger partial charge >= 0.3 is 0 Å². The summed E-state index contributed by atoms with van der Waals surface area (Å²) >= 11 is 11.9. The standard InChI is InChI=1S/C18H24Cl2N2O2.ClH/c19-15-5-4-13(11-16(15)20)12-24-14-6-9-22(10-7-14)18(23)17-3-1-2-8-21-17;/h4-5,11,14,17,21H,1-3,6-10,12H2;1H. The molecule has 2 heterocycles. The number of carbonyl (C=O) groups excluding carboxylic acids is 1. The van der Waals surface area contributed by atoms with Gasteiger partial charge in [0.1, 0.15) is 0 Å². The van der Waals surface area contributed by atoms with E-state index in [9.17, 15) is 4.79 Å². The zero-order valence-electron chi connectivity index (χ0n) is 14.2. The van der Waals surface area contributed by atoms with Crippen molar-refractivity contribution in [1.29, 1.82) is 0 Å². The van der Waals surface area contributed by atoms with E-state index in [0.29, 0.717) is 16.7 Å². The lowest BCUT2D eigenvalue weighted by Crippen LogP contribution is -2.51.